The molecule has 0 radical (unpaired) electrons. The van der Waals surface area contributed by atoms with Crippen LogP contribution in [-0.4, -0.2) is 5.78 Å². The maximum atomic E-state index is 14.3. The van der Waals surface area contributed by atoms with Gasteiger partial charge in [0.1, 0.15) is 12.4 Å². The Labute approximate surface area is 148 Å². The van der Waals surface area contributed by atoms with E-state index in [1.54, 1.807) is 6.08 Å². The first-order valence-corrected chi connectivity index (χ1v) is 8.82. The van der Waals surface area contributed by atoms with Crippen LogP contribution in [0.25, 0.3) is 0 Å². The number of benzene rings is 1. The fourth-order valence-corrected chi connectivity index (χ4v) is 3.24. The van der Waals surface area contributed by atoms with Gasteiger partial charge in [0, 0.05) is 24.3 Å². The van der Waals surface area contributed by atoms with Gasteiger partial charge in [0.05, 0.1) is 5.76 Å². The van der Waals surface area contributed by atoms with E-state index in [0.717, 1.165) is 16.9 Å². The molecular weight excluding hydrogens is 315 g/mol. The highest BCUT2D eigenvalue weighted by atomic mass is 19.1. The van der Waals surface area contributed by atoms with Crippen molar-refractivity contribution in [1.82, 2.24) is 0 Å². The molecule has 2 aliphatic rings. The summed E-state index contributed by atoms with van der Waals surface area (Å²) in [5.74, 6) is 0.680. The molecule has 3 heteroatoms. The number of carbonyl (C=O) groups excluding carboxylic acids is 1. The van der Waals surface area contributed by atoms with E-state index in [-0.39, 0.29) is 23.4 Å². The zero-order valence-electron chi connectivity index (χ0n) is 14.5. The Morgan fingerprint density at radius 2 is 2.04 bits per heavy atom. The SMILES string of the molecule is CCC(=O)C1=CCC(C2CC(OCc3ccccc3)=CC=C2F)C=C1. The molecule has 0 aromatic heterocycles. The molecule has 0 N–H and O–H groups in total. The highest BCUT2D eigenvalue weighted by Crippen LogP contribution is 2.37. The third-order valence-electron chi connectivity index (χ3n) is 4.76. The van der Waals surface area contributed by atoms with E-state index >= 15 is 0 Å². The molecule has 1 aromatic rings. The zero-order chi connectivity index (χ0) is 17.6. The second-order valence-electron chi connectivity index (χ2n) is 6.46. The first kappa shape index (κ1) is 17.4. The molecule has 0 heterocycles. The lowest BCUT2D eigenvalue weighted by molar-refractivity contribution is -0.115. The lowest BCUT2D eigenvalue weighted by atomic mass is 9.80. The summed E-state index contributed by atoms with van der Waals surface area (Å²) in [5, 5.41) is 0. The summed E-state index contributed by atoms with van der Waals surface area (Å²) in [6.07, 6.45) is 10.7. The standard InChI is InChI=1S/C22H23FO2/c1-2-22(24)18-10-8-17(9-11-18)20-14-19(12-13-21(20)23)25-15-16-6-4-3-5-7-16/h3-8,10-13,17,20H,2,9,14-15H2,1H3. The molecule has 2 aliphatic carbocycles. The molecule has 2 unspecified atom stereocenters. The summed E-state index contributed by atoms with van der Waals surface area (Å²) in [7, 11) is 0. The van der Waals surface area contributed by atoms with Crippen molar-refractivity contribution in [3.05, 3.63) is 83.4 Å². The van der Waals surface area contributed by atoms with E-state index in [1.807, 2.05) is 55.5 Å². The summed E-state index contributed by atoms with van der Waals surface area (Å²) in [4.78, 5) is 11.8. The Morgan fingerprint density at radius 3 is 2.72 bits per heavy atom. The fraction of sp³-hybridized carbons (Fsp3) is 0.318. The Hall–Kier alpha value is -2.42. The molecule has 2 nitrogen and oxygen atoms in total. The number of hydrogen-bond donors (Lipinski definition) is 0. The van der Waals surface area contributed by atoms with Crippen LogP contribution >= 0.6 is 0 Å². The minimum Gasteiger partial charge on any atom is -0.493 e. The van der Waals surface area contributed by atoms with Crippen molar-refractivity contribution in [1.29, 1.82) is 0 Å². The van der Waals surface area contributed by atoms with Gasteiger partial charge in [-0.15, -0.1) is 0 Å². The van der Waals surface area contributed by atoms with Gasteiger partial charge in [-0.2, -0.15) is 0 Å². The second kappa shape index (κ2) is 8.11. The molecule has 0 amide bonds. The molecule has 0 bridgehead atoms. The predicted molar refractivity (Wildman–Crippen MR) is 97.2 cm³/mol. The van der Waals surface area contributed by atoms with Crippen LogP contribution in [-0.2, 0) is 16.1 Å². The van der Waals surface area contributed by atoms with Crippen LogP contribution < -0.4 is 0 Å². The Bertz CT molecular complexity index is 741. The van der Waals surface area contributed by atoms with Crippen LogP contribution in [0, 0.1) is 11.8 Å². The minimum absolute atomic E-state index is 0.0636. The van der Waals surface area contributed by atoms with Crippen LogP contribution in [0.4, 0.5) is 4.39 Å². The van der Waals surface area contributed by atoms with Crippen molar-refractivity contribution < 1.29 is 13.9 Å². The van der Waals surface area contributed by atoms with Crippen molar-refractivity contribution >= 4 is 5.78 Å². The molecular formula is C22H23FO2. The Morgan fingerprint density at radius 1 is 1.24 bits per heavy atom. The number of allylic oxidation sites excluding steroid dienone is 8. The second-order valence-corrected chi connectivity index (χ2v) is 6.46. The summed E-state index contributed by atoms with van der Waals surface area (Å²) in [6, 6.07) is 9.95. The molecule has 0 fully saturated rings. The third kappa shape index (κ3) is 4.36. The summed E-state index contributed by atoms with van der Waals surface area (Å²) >= 11 is 0. The van der Waals surface area contributed by atoms with Crippen molar-refractivity contribution in [2.75, 3.05) is 0 Å². The number of hydrogen-bond acceptors (Lipinski definition) is 2. The molecule has 1 aromatic carbocycles. The van der Waals surface area contributed by atoms with Gasteiger partial charge in [-0.25, -0.2) is 4.39 Å². The molecule has 25 heavy (non-hydrogen) atoms. The average Bonchev–Trinajstić information content (AvgIpc) is 2.67. The predicted octanol–water partition coefficient (Wildman–Crippen LogP) is 5.44. The van der Waals surface area contributed by atoms with Gasteiger partial charge < -0.3 is 4.74 Å². The normalized spacial score (nSPS) is 22.7. The molecule has 3 rings (SSSR count). The van der Waals surface area contributed by atoms with E-state index in [2.05, 4.69) is 0 Å². The van der Waals surface area contributed by atoms with Crippen molar-refractivity contribution in [2.24, 2.45) is 11.8 Å². The summed E-state index contributed by atoms with van der Waals surface area (Å²) in [6.45, 7) is 2.35. The molecule has 0 saturated heterocycles. The quantitative estimate of drug-likeness (QED) is 0.690. The highest BCUT2D eigenvalue weighted by molar-refractivity contribution is 5.97. The number of ketones is 1. The van der Waals surface area contributed by atoms with E-state index < -0.39 is 0 Å². The van der Waals surface area contributed by atoms with Gasteiger partial charge in [0.15, 0.2) is 5.78 Å². The highest BCUT2D eigenvalue weighted by Gasteiger charge is 2.28. The average molecular weight is 338 g/mol. The number of halogens is 1. The van der Waals surface area contributed by atoms with Gasteiger partial charge in [-0.1, -0.05) is 55.5 Å². The maximum absolute atomic E-state index is 14.3. The van der Waals surface area contributed by atoms with E-state index in [1.165, 1.54) is 6.08 Å². The van der Waals surface area contributed by atoms with Gasteiger partial charge >= 0.3 is 0 Å². The van der Waals surface area contributed by atoms with Gasteiger partial charge in [0.25, 0.3) is 0 Å². The largest absolute Gasteiger partial charge is 0.493 e. The zero-order valence-corrected chi connectivity index (χ0v) is 14.5. The molecule has 2 atom stereocenters. The summed E-state index contributed by atoms with van der Waals surface area (Å²) < 4.78 is 20.2. The van der Waals surface area contributed by atoms with E-state index in [4.69, 9.17) is 4.74 Å². The lowest BCUT2D eigenvalue weighted by Gasteiger charge is -2.28. The molecule has 130 valence electrons. The molecule has 0 aliphatic heterocycles. The first-order valence-electron chi connectivity index (χ1n) is 8.82. The third-order valence-corrected chi connectivity index (χ3v) is 4.76. The minimum atomic E-state index is -0.221. The van der Waals surface area contributed by atoms with Crippen LogP contribution in [0.5, 0.6) is 0 Å². The van der Waals surface area contributed by atoms with E-state index in [9.17, 15) is 9.18 Å². The first-order chi connectivity index (χ1) is 12.2. The van der Waals surface area contributed by atoms with Crippen molar-refractivity contribution in [2.45, 2.75) is 32.8 Å². The van der Waals surface area contributed by atoms with Gasteiger partial charge in [0.2, 0.25) is 0 Å². The van der Waals surface area contributed by atoms with E-state index in [0.29, 0.717) is 25.9 Å². The van der Waals surface area contributed by atoms with Crippen LogP contribution in [0.3, 0.4) is 0 Å². The van der Waals surface area contributed by atoms with Gasteiger partial charge in [-0.05, 0) is 30.1 Å². The summed E-state index contributed by atoms with van der Waals surface area (Å²) in [5.41, 5.74) is 1.84. The van der Waals surface area contributed by atoms with Crippen molar-refractivity contribution in [3.8, 4) is 0 Å². The van der Waals surface area contributed by atoms with Crippen molar-refractivity contribution in [3.63, 3.8) is 0 Å². The van der Waals surface area contributed by atoms with Crippen LogP contribution in [0.15, 0.2) is 77.9 Å². The topological polar surface area (TPSA) is 26.3 Å². The maximum Gasteiger partial charge on any atom is 0.162 e. The molecule has 0 saturated carbocycles. The number of ether oxygens (including phenoxy) is 1. The Kier molecular flexibility index (Phi) is 5.64. The molecule has 0 spiro atoms. The van der Waals surface area contributed by atoms with Crippen LogP contribution in [0.2, 0.25) is 0 Å². The number of Topliss-reactive ketones (excluding diaryl/α,β-unsaturated/α-hetero) is 1. The lowest BCUT2D eigenvalue weighted by Crippen LogP contribution is -2.19. The van der Waals surface area contributed by atoms with Crippen LogP contribution in [0.1, 0.15) is 31.7 Å². The number of carbonyl (C=O) groups is 1. The van der Waals surface area contributed by atoms with Gasteiger partial charge in [-0.3, -0.25) is 4.79 Å². The number of rotatable bonds is 6. The monoisotopic (exact) mass is 338 g/mol. The fourth-order valence-electron chi connectivity index (χ4n) is 3.24. The Balaban J connectivity index is 1.60. The smallest absolute Gasteiger partial charge is 0.162 e.